The average Bonchev–Trinajstić information content (AvgIpc) is 2.81. The van der Waals surface area contributed by atoms with Gasteiger partial charge in [0.2, 0.25) is 0 Å². The van der Waals surface area contributed by atoms with Gasteiger partial charge in [-0.2, -0.15) is 10.2 Å². The van der Waals surface area contributed by atoms with E-state index in [-0.39, 0.29) is 12.4 Å². The smallest absolute Gasteiger partial charge is 0.148 e. The van der Waals surface area contributed by atoms with Crippen LogP contribution in [0.4, 0.5) is 5.82 Å². The van der Waals surface area contributed by atoms with Crippen LogP contribution >= 0.6 is 12.4 Å². The van der Waals surface area contributed by atoms with Gasteiger partial charge in [-0.25, -0.2) is 0 Å². The summed E-state index contributed by atoms with van der Waals surface area (Å²) in [7, 11) is 1.96. The lowest BCUT2D eigenvalue weighted by atomic mass is 10.2. The van der Waals surface area contributed by atoms with E-state index in [0.717, 1.165) is 18.9 Å². The lowest BCUT2D eigenvalue weighted by Crippen LogP contribution is -2.09. The summed E-state index contributed by atoms with van der Waals surface area (Å²) in [5.41, 5.74) is 3.59. The van der Waals surface area contributed by atoms with Crippen molar-refractivity contribution < 1.29 is 0 Å². The van der Waals surface area contributed by atoms with E-state index in [9.17, 15) is 0 Å². The van der Waals surface area contributed by atoms with Gasteiger partial charge in [0.1, 0.15) is 5.82 Å². The van der Waals surface area contributed by atoms with E-state index in [1.807, 2.05) is 17.9 Å². The first kappa shape index (κ1) is 16.6. The summed E-state index contributed by atoms with van der Waals surface area (Å²) in [6, 6.07) is 2.09. The number of aromatic nitrogens is 4. The predicted molar refractivity (Wildman–Crippen MR) is 84.3 cm³/mol. The number of aryl methyl sites for hydroxylation is 3. The van der Waals surface area contributed by atoms with Gasteiger partial charge in [0, 0.05) is 25.4 Å². The van der Waals surface area contributed by atoms with E-state index < -0.39 is 0 Å². The number of rotatable bonds is 5. The summed E-state index contributed by atoms with van der Waals surface area (Å²) in [5, 5.41) is 12.2. The molecule has 0 fully saturated rings. The van der Waals surface area contributed by atoms with Gasteiger partial charge >= 0.3 is 0 Å². The first-order valence-corrected chi connectivity index (χ1v) is 6.73. The van der Waals surface area contributed by atoms with Gasteiger partial charge < -0.3 is 5.32 Å². The van der Waals surface area contributed by atoms with Crippen LogP contribution in [-0.2, 0) is 20.1 Å². The molecule has 0 saturated heterocycles. The molecule has 2 aromatic rings. The SMILES string of the molecule is Cc1cnn(C)c1CNc1cc(C)n(CC(C)C)n1.Cl. The highest BCUT2D eigenvalue weighted by Gasteiger charge is 2.08. The highest BCUT2D eigenvalue weighted by Crippen LogP contribution is 2.13. The zero-order chi connectivity index (χ0) is 14.0. The maximum absolute atomic E-state index is 4.58. The molecule has 112 valence electrons. The van der Waals surface area contributed by atoms with Gasteiger partial charge in [0.05, 0.1) is 18.4 Å². The van der Waals surface area contributed by atoms with Crippen LogP contribution in [0.3, 0.4) is 0 Å². The van der Waals surface area contributed by atoms with Gasteiger partial charge in [-0.1, -0.05) is 13.8 Å². The maximum atomic E-state index is 4.58. The molecule has 2 rings (SSSR count). The third-order valence-electron chi connectivity index (χ3n) is 3.23. The molecule has 0 saturated carbocycles. The Labute approximate surface area is 126 Å². The minimum Gasteiger partial charge on any atom is -0.363 e. The Hall–Kier alpha value is -1.49. The standard InChI is InChI=1S/C14H23N5.ClH/c1-10(2)9-19-12(4)6-14(17-19)15-8-13-11(3)7-16-18(13)5;/h6-7,10H,8-9H2,1-5H3,(H,15,17);1H. The van der Waals surface area contributed by atoms with E-state index in [1.54, 1.807) is 0 Å². The molecular formula is C14H24ClN5. The Balaban J connectivity index is 0.00000200. The van der Waals surface area contributed by atoms with Crippen molar-refractivity contribution in [2.24, 2.45) is 13.0 Å². The summed E-state index contributed by atoms with van der Waals surface area (Å²) in [5.74, 6) is 1.53. The molecule has 0 unspecified atom stereocenters. The quantitative estimate of drug-likeness (QED) is 0.923. The van der Waals surface area contributed by atoms with Crippen LogP contribution in [0, 0.1) is 19.8 Å². The van der Waals surface area contributed by atoms with Crippen molar-refractivity contribution in [3.8, 4) is 0 Å². The van der Waals surface area contributed by atoms with Crippen LogP contribution in [-0.4, -0.2) is 19.6 Å². The minimum absolute atomic E-state index is 0. The van der Waals surface area contributed by atoms with E-state index in [1.165, 1.54) is 17.0 Å². The Morgan fingerprint density at radius 3 is 2.55 bits per heavy atom. The highest BCUT2D eigenvalue weighted by molar-refractivity contribution is 5.85. The number of hydrogen-bond acceptors (Lipinski definition) is 3. The van der Waals surface area contributed by atoms with Crippen molar-refractivity contribution in [2.45, 2.75) is 40.8 Å². The van der Waals surface area contributed by atoms with Crippen LogP contribution in [0.25, 0.3) is 0 Å². The second-order valence-electron chi connectivity index (χ2n) is 5.50. The number of nitrogens with zero attached hydrogens (tertiary/aromatic N) is 4. The van der Waals surface area contributed by atoms with E-state index >= 15 is 0 Å². The Morgan fingerprint density at radius 2 is 2.00 bits per heavy atom. The van der Waals surface area contributed by atoms with Gasteiger partial charge in [-0.3, -0.25) is 9.36 Å². The number of nitrogens with one attached hydrogen (secondary N) is 1. The Bertz CT molecular complexity index is 536. The molecule has 0 radical (unpaired) electrons. The second kappa shape index (κ2) is 6.79. The molecule has 0 bridgehead atoms. The topological polar surface area (TPSA) is 47.7 Å². The molecule has 2 heterocycles. The maximum Gasteiger partial charge on any atom is 0.148 e. The van der Waals surface area contributed by atoms with Crippen LogP contribution in [0.1, 0.15) is 30.8 Å². The van der Waals surface area contributed by atoms with Crippen LogP contribution in [0.5, 0.6) is 0 Å². The molecule has 6 heteroatoms. The molecule has 5 nitrogen and oxygen atoms in total. The first-order chi connectivity index (χ1) is 8.97. The number of halogens is 1. The zero-order valence-corrected chi connectivity index (χ0v) is 13.7. The molecule has 2 aromatic heterocycles. The van der Waals surface area contributed by atoms with Crippen molar-refractivity contribution in [3.63, 3.8) is 0 Å². The van der Waals surface area contributed by atoms with E-state index in [0.29, 0.717) is 5.92 Å². The van der Waals surface area contributed by atoms with Crippen molar-refractivity contribution in [3.05, 3.63) is 29.2 Å². The van der Waals surface area contributed by atoms with Crippen LogP contribution < -0.4 is 5.32 Å². The second-order valence-corrected chi connectivity index (χ2v) is 5.50. The zero-order valence-electron chi connectivity index (χ0n) is 12.8. The van der Waals surface area contributed by atoms with Crippen molar-refractivity contribution in [2.75, 3.05) is 5.32 Å². The third kappa shape index (κ3) is 3.76. The molecule has 20 heavy (non-hydrogen) atoms. The highest BCUT2D eigenvalue weighted by atomic mass is 35.5. The molecular weight excluding hydrogens is 274 g/mol. The average molecular weight is 298 g/mol. The predicted octanol–water partition coefficient (Wildman–Crippen LogP) is 2.92. The molecule has 1 N–H and O–H groups in total. The first-order valence-electron chi connectivity index (χ1n) is 6.73. The number of hydrogen-bond donors (Lipinski definition) is 1. The Morgan fingerprint density at radius 1 is 1.30 bits per heavy atom. The van der Waals surface area contributed by atoms with Crippen LogP contribution in [0.15, 0.2) is 12.3 Å². The summed E-state index contributed by atoms with van der Waals surface area (Å²) in [4.78, 5) is 0. The summed E-state index contributed by atoms with van der Waals surface area (Å²) in [6.45, 7) is 10.3. The lowest BCUT2D eigenvalue weighted by Gasteiger charge is -2.07. The van der Waals surface area contributed by atoms with Gasteiger partial charge in [-0.05, 0) is 25.3 Å². The van der Waals surface area contributed by atoms with Crippen molar-refractivity contribution >= 4 is 18.2 Å². The van der Waals surface area contributed by atoms with Crippen molar-refractivity contribution in [1.82, 2.24) is 19.6 Å². The number of anilines is 1. The summed E-state index contributed by atoms with van der Waals surface area (Å²) in [6.07, 6.45) is 1.89. The fraction of sp³-hybridized carbons (Fsp3) is 0.571. The molecule has 0 aliphatic carbocycles. The fourth-order valence-corrected chi connectivity index (χ4v) is 2.13. The molecule has 0 spiro atoms. The largest absolute Gasteiger partial charge is 0.363 e. The minimum atomic E-state index is 0. The van der Waals surface area contributed by atoms with Crippen LogP contribution in [0.2, 0.25) is 0 Å². The lowest BCUT2D eigenvalue weighted by molar-refractivity contribution is 0.475. The van der Waals surface area contributed by atoms with Crippen molar-refractivity contribution in [1.29, 1.82) is 0 Å². The molecule has 0 atom stereocenters. The van der Waals surface area contributed by atoms with Gasteiger partial charge in [0.25, 0.3) is 0 Å². The summed E-state index contributed by atoms with van der Waals surface area (Å²) >= 11 is 0. The van der Waals surface area contributed by atoms with Gasteiger partial charge in [0.15, 0.2) is 0 Å². The summed E-state index contributed by atoms with van der Waals surface area (Å²) < 4.78 is 3.96. The van der Waals surface area contributed by atoms with E-state index in [4.69, 9.17) is 0 Å². The molecule has 0 aliphatic heterocycles. The third-order valence-corrected chi connectivity index (χ3v) is 3.23. The van der Waals surface area contributed by atoms with Gasteiger partial charge in [-0.15, -0.1) is 12.4 Å². The Kier molecular flexibility index (Phi) is 5.62. The molecule has 0 amide bonds. The fourth-order valence-electron chi connectivity index (χ4n) is 2.13. The normalized spacial score (nSPS) is 10.7. The monoisotopic (exact) mass is 297 g/mol. The molecule has 0 aliphatic rings. The molecule has 0 aromatic carbocycles. The van der Waals surface area contributed by atoms with E-state index in [2.05, 4.69) is 54.0 Å².